The average Bonchev–Trinajstić information content (AvgIpc) is 2.93. The Kier molecular flexibility index (Phi) is 9.32. The number of carbonyl (C=O) groups excluding carboxylic acids is 2. The molecular weight excluding hydrogens is 564 g/mol. The third kappa shape index (κ3) is 7.34. The van der Waals surface area contributed by atoms with Gasteiger partial charge in [0.25, 0.3) is 0 Å². The van der Waals surface area contributed by atoms with Gasteiger partial charge < -0.3 is 39.0 Å². The summed E-state index contributed by atoms with van der Waals surface area (Å²) in [4.78, 5) is 29.1. The molecule has 0 saturated carbocycles. The fourth-order valence-corrected chi connectivity index (χ4v) is 5.71. The zero-order valence-electron chi connectivity index (χ0n) is 27.3. The second-order valence-corrected chi connectivity index (χ2v) is 13.5. The number of aromatic hydroxyl groups is 2. The highest BCUT2D eigenvalue weighted by Crippen LogP contribution is 2.42. The van der Waals surface area contributed by atoms with E-state index >= 15 is 0 Å². The molecule has 0 aromatic heterocycles. The number of hydrogen-bond acceptors (Lipinski definition) is 8. The van der Waals surface area contributed by atoms with E-state index in [2.05, 4.69) is 6.58 Å². The minimum absolute atomic E-state index is 0.00793. The lowest BCUT2D eigenvalue weighted by Gasteiger charge is -2.33. The number of benzene rings is 2. The summed E-state index contributed by atoms with van der Waals surface area (Å²) in [5, 5.41) is 22.5. The van der Waals surface area contributed by atoms with Crippen LogP contribution in [0.15, 0.2) is 24.3 Å². The highest BCUT2D eigenvalue weighted by molar-refractivity contribution is 5.70. The van der Waals surface area contributed by atoms with Gasteiger partial charge in [-0.3, -0.25) is 0 Å². The van der Waals surface area contributed by atoms with Crippen LogP contribution in [0.4, 0.5) is 9.59 Å². The minimum atomic E-state index is -0.631. The molecule has 0 radical (unpaired) electrons. The van der Waals surface area contributed by atoms with Gasteiger partial charge in [0.05, 0.1) is 14.2 Å². The molecule has 2 aromatic carbocycles. The van der Waals surface area contributed by atoms with Crippen LogP contribution in [0.1, 0.15) is 74.9 Å². The summed E-state index contributed by atoms with van der Waals surface area (Å²) in [6.07, 6.45) is 0.880. The Morgan fingerprint density at radius 2 is 1.11 bits per heavy atom. The fourth-order valence-electron chi connectivity index (χ4n) is 5.71. The van der Waals surface area contributed by atoms with Crippen molar-refractivity contribution in [3.63, 3.8) is 0 Å². The lowest BCUT2D eigenvalue weighted by Crippen LogP contribution is -2.40. The fraction of sp³-hybridized carbons (Fsp3) is 0.529. The van der Waals surface area contributed by atoms with Crippen LogP contribution in [0.5, 0.6) is 23.0 Å². The molecule has 2 amide bonds. The van der Waals surface area contributed by atoms with Crippen LogP contribution in [-0.4, -0.2) is 70.7 Å². The number of carbonyl (C=O) groups is 2. The normalized spacial score (nSPS) is 14.8. The maximum absolute atomic E-state index is 12.9. The second-order valence-electron chi connectivity index (χ2n) is 13.5. The third-order valence-electron chi connectivity index (χ3n) is 7.75. The molecule has 0 bridgehead atoms. The van der Waals surface area contributed by atoms with Gasteiger partial charge >= 0.3 is 12.2 Å². The van der Waals surface area contributed by atoms with Crippen LogP contribution in [0.25, 0.3) is 0 Å². The lowest BCUT2D eigenvalue weighted by molar-refractivity contribution is 0.0213. The van der Waals surface area contributed by atoms with Crippen LogP contribution in [0.3, 0.4) is 0 Å². The van der Waals surface area contributed by atoms with Crippen LogP contribution in [0, 0.1) is 0 Å². The van der Waals surface area contributed by atoms with Crippen molar-refractivity contribution in [2.75, 3.05) is 27.3 Å². The van der Waals surface area contributed by atoms with Gasteiger partial charge in [0.15, 0.2) is 23.0 Å². The summed E-state index contributed by atoms with van der Waals surface area (Å²) in [5.41, 5.74) is 4.30. The van der Waals surface area contributed by atoms with Gasteiger partial charge in [-0.25, -0.2) is 9.59 Å². The smallest absolute Gasteiger partial charge is 0.410 e. The molecular formula is C34H46N2O8. The van der Waals surface area contributed by atoms with Gasteiger partial charge in [-0.15, -0.1) is 0 Å². The van der Waals surface area contributed by atoms with Crippen LogP contribution in [0.2, 0.25) is 0 Å². The highest BCUT2D eigenvalue weighted by Gasteiger charge is 2.32. The Hall–Kier alpha value is -4.08. The number of phenols is 2. The first-order valence-corrected chi connectivity index (χ1v) is 14.9. The number of nitrogens with zero attached hydrogens (tertiary/aromatic N) is 2. The van der Waals surface area contributed by atoms with E-state index in [1.807, 2.05) is 53.7 Å². The van der Waals surface area contributed by atoms with Gasteiger partial charge in [-0.2, -0.15) is 0 Å². The SMILES string of the molecule is C=C(Cc1c(O)c(OC)cc2c1CN(C(=O)OC(C)(C)C)CC2)Cc1c(O)c(OC)cc2c1CN(C(=O)OC(C)(C)C)CC2. The molecule has 10 nitrogen and oxygen atoms in total. The molecule has 2 aromatic rings. The number of amides is 2. The number of allylic oxidation sites excluding steroid dienone is 1. The Morgan fingerprint density at radius 3 is 1.43 bits per heavy atom. The van der Waals surface area contributed by atoms with Crippen LogP contribution >= 0.6 is 0 Å². The summed E-state index contributed by atoms with van der Waals surface area (Å²) in [6, 6.07) is 3.64. The molecule has 0 atom stereocenters. The van der Waals surface area contributed by atoms with Gasteiger partial charge in [0, 0.05) is 37.3 Å². The second kappa shape index (κ2) is 12.5. The summed E-state index contributed by atoms with van der Waals surface area (Å²) in [6.45, 7) is 16.8. The van der Waals surface area contributed by atoms with Crippen molar-refractivity contribution < 1.29 is 38.7 Å². The van der Waals surface area contributed by atoms with E-state index in [1.54, 1.807) is 9.80 Å². The summed E-state index contributed by atoms with van der Waals surface area (Å²) in [5.74, 6) is 0.691. The molecule has 240 valence electrons. The first-order chi connectivity index (χ1) is 20.5. The monoisotopic (exact) mass is 610 g/mol. The number of methoxy groups -OCH3 is 2. The van der Waals surface area contributed by atoms with Gasteiger partial charge in [-0.05, 0) is 102 Å². The van der Waals surface area contributed by atoms with Crippen molar-refractivity contribution in [3.05, 3.63) is 57.7 Å². The van der Waals surface area contributed by atoms with E-state index in [-0.39, 0.29) is 37.4 Å². The average molecular weight is 611 g/mol. The minimum Gasteiger partial charge on any atom is -0.504 e. The van der Waals surface area contributed by atoms with E-state index in [9.17, 15) is 19.8 Å². The standard InChI is InChI=1S/C34H46N2O8/c1-20(14-23-25-18-35(31(39)43-33(2,3)4)12-10-21(25)16-27(41-8)29(23)37)15-24-26-19-36(32(40)44-34(5,6)7)13-11-22(26)17-28(42-9)30(24)38/h16-17,37-38H,1,10-15,18-19H2,2-9H3. The van der Waals surface area contributed by atoms with E-state index in [0.717, 1.165) is 22.3 Å². The maximum atomic E-state index is 12.9. The van der Waals surface area contributed by atoms with E-state index in [4.69, 9.17) is 18.9 Å². The van der Waals surface area contributed by atoms with Crippen LogP contribution in [-0.2, 0) is 48.2 Å². The predicted octanol–water partition coefficient (Wildman–Crippen LogP) is 6.04. The number of fused-ring (bicyclic) bond motifs is 2. The predicted molar refractivity (Wildman–Crippen MR) is 167 cm³/mol. The van der Waals surface area contributed by atoms with Crippen molar-refractivity contribution in [2.45, 2.75) is 91.5 Å². The van der Waals surface area contributed by atoms with Gasteiger partial charge in [-0.1, -0.05) is 12.2 Å². The number of phenolic OH excluding ortho intramolecular Hbond substituents is 2. The highest BCUT2D eigenvalue weighted by atomic mass is 16.6. The molecule has 2 heterocycles. The molecule has 2 aliphatic rings. The van der Waals surface area contributed by atoms with Crippen molar-refractivity contribution >= 4 is 12.2 Å². The molecule has 10 heteroatoms. The van der Waals surface area contributed by atoms with E-state index in [1.165, 1.54) is 14.2 Å². The Labute approximate surface area is 260 Å². The van der Waals surface area contributed by atoms with Crippen LogP contribution < -0.4 is 9.47 Å². The molecule has 2 N–H and O–H groups in total. The van der Waals surface area contributed by atoms with Gasteiger partial charge in [0.2, 0.25) is 0 Å². The molecule has 0 fully saturated rings. The Balaban J connectivity index is 1.65. The molecule has 0 unspecified atom stereocenters. The van der Waals surface area contributed by atoms with Crippen molar-refractivity contribution in [2.24, 2.45) is 0 Å². The molecule has 0 saturated heterocycles. The third-order valence-corrected chi connectivity index (χ3v) is 7.75. The molecule has 0 spiro atoms. The largest absolute Gasteiger partial charge is 0.504 e. The first kappa shape index (κ1) is 32.8. The van der Waals surface area contributed by atoms with E-state index < -0.39 is 23.4 Å². The first-order valence-electron chi connectivity index (χ1n) is 14.9. The van der Waals surface area contributed by atoms with Gasteiger partial charge in [0.1, 0.15) is 11.2 Å². The van der Waals surface area contributed by atoms with Crippen molar-refractivity contribution in [3.8, 4) is 23.0 Å². The summed E-state index contributed by atoms with van der Waals surface area (Å²) < 4.78 is 22.2. The summed E-state index contributed by atoms with van der Waals surface area (Å²) >= 11 is 0. The lowest BCUT2D eigenvalue weighted by atomic mass is 9.86. The van der Waals surface area contributed by atoms with Crippen molar-refractivity contribution in [1.29, 1.82) is 0 Å². The molecule has 4 rings (SSSR count). The molecule has 2 aliphatic heterocycles. The number of rotatable bonds is 6. The summed E-state index contributed by atoms with van der Waals surface area (Å²) in [7, 11) is 3.01. The number of hydrogen-bond donors (Lipinski definition) is 2. The topological polar surface area (TPSA) is 118 Å². The molecule has 0 aliphatic carbocycles. The quantitative estimate of drug-likeness (QED) is 0.380. The molecule has 44 heavy (non-hydrogen) atoms. The maximum Gasteiger partial charge on any atom is 0.410 e. The number of ether oxygens (including phenoxy) is 4. The van der Waals surface area contributed by atoms with Crippen molar-refractivity contribution in [1.82, 2.24) is 9.80 Å². The Morgan fingerprint density at radius 1 is 0.750 bits per heavy atom. The van der Waals surface area contributed by atoms with E-state index in [0.29, 0.717) is 54.1 Å². The Bertz CT molecular complexity index is 1340. The zero-order valence-corrected chi connectivity index (χ0v) is 27.3. The zero-order chi connectivity index (χ0) is 32.6.